The largest absolute Gasteiger partial charge is 0.491 e. The first-order chi connectivity index (χ1) is 6.63. The molecule has 3 heteroatoms. The Labute approximate surface area is 92.4 Å². The van der Waals surface area contributed by atoms with E-state index in [0.717, 1.165) is 5.75 Å². The van der Waals surface area contributed by atoms with Crippen LogP contribution in [0.3, 0.4) is 0 Å². The third-order valence-electron chi connectivity index (χ3n) is 1.65. The Hall–Kier alpha value is -0.830. The van der Waals surface area contributed by atoms with Gasteiger partial charge in [-0.1, -0.05) is 28.1 Å². The van der Waals surface area contributed by atoms with Gasteiger partial charge in [-0.2, -0.15) is 0 Å². The van der Waals surface area contributed by atoms with Crippen LogP contribution in [0.2, 0.25) is 0 Å². The second kappa shape index (κ2) is 5.15. The summed E-state index contributed by atoms with van der Waals surface area (Å²) in [6.45, 7) is 3.91. The lowest BCUT2D eigenvalue weighted by Crippen LogP contribution is -2.06. The molecule has 2 nitrogen and oxygen atoms in total. The maximum absolute atomic E-state index is 11.3. The van der Waals surface area contributed by atoms with Crippen molar-refractivity contribution in [2.75, 3.05) is 5.33 Å². The molecule has 0 atom stereocenters. The van der Waals surface area contributed by atoms with E-state index in [1.165, 1.54) is 0 Å². The number of carbonyl (C=O) groups excluding carboxylic acids is 1. The average molecular weight is 257 g/mol. The van der Waals surface area contributed by atoms with Crippen molar-refractivity contribution in [3.05, 3.63) is 29.8 Å². The number of hydrogen-bond acceptors (Lipinski definition) is 2. The number of alkyl halides is 1. The SMILES string of the molecule is CC(C)Oc1cccc(C(=O)CBr)c1. The van der Waals surface area contributed by atoms with E-state index in [9.17, 15) is 4.79 Å². The Balaban J connectivity index is 2.84. The fourth-order valence-corrected chi connectivity index (χ4v) is 1.42. The van der Waals surface area contributed by atoms with E-state index in [-0.39, 0.29) is 11.9 Å². The van der Waals surface area contributed by atoms with Crippen LogP contribution in [0.15, 0.2) is 24.3 Å². The highest BCUT2D eigenvalue weighted by atomic mass is 79.9. The lowest BCUT2D eigenvalue weighted by atomic mass is 10.1. The Morgan fingerprint density at radius 3 is 2.79 bits per heavy atom. The molecule has 76 valence electrons. The molecule has 0 amide bonds. The van der Waals surface area contributed by atoms with Crippen molar-refractivity contribution in [3.8, 4) is 5.75 Å². The van der Waals surface area contributed by atoms with Gasteiger partial charge >= 0.3 is 0 Å². The van der Waals surface area contributed by atoms with Gasteiger partial charge in [-0.25, -0.2) is 0 Å². The third-order valence-corrected chi connectivity index (χ3v) is 2.16. The molecule has 0 aliphatic heterocycles. The Kier molecular flexibility index (Phi) is 4.14. The molecule has 0 unspecified atom stereocenters. The predicted molar refractivity (Wildman–Crippen MR) is 60.3 cm³/mol. The van der Waals surface area contributed by atoms with Crippen LogP contribution in [-0.4, -0.2) is 17.2 Å². The van der Waals surface area contributed by atoms with Gasteiger partial charge in [-0.3, -0.25) is 4.79 Å². The fraction of sp³-hybridized carbons (Fsp3) is 0.364. The Morgan fingerprint density at radius 1 is 1.50 bits per heavy atom. The summed E-state index contributed by atoms with van der Waals surface area (Å²) in [6.07, 6.45) is 0.129. The van der Waals surface area contributed by atoms with Crippen molar-refractivity contribution in [2.45, 2.75) is 20.0 Å². The molecule has 0 aliphatic rings. The van der Waals surface area contributed by atoms with Gasteiger partial charge in [0.1, 0.15) is 5.75 Å². The topological polar surface area (TPSA) is 26.3 Å². The summed E-state index contributed by atoms with van der Waals surface area (Å²) in [5.74, 6) is 0.811. The zero-order valence-corrected chi connectivity index (χ0v) is 9.87. The van der Waals surface area contributed by atoms with Gasteiger partial charge in [-0.15, -0.1) is 0 Å². The standard InChI is InChI=1S/C11H13BrO2/c1-8(2)14-10-5-3-4-9(6-10)11(13)7-12/h3-6,8H,7H2,1-2H3. The summed E-state index contributed by atoms with van der Waals surface area (Å²) < 4.78 is 5.48. The van der Waals surface area contributed by atoms with E-state index in [0.29, 0.717) is 10.9 Å². The average Bonchev–Trinajstić information content (AvgIpc) is 2.16. The minimum Gasteiger partial charge on any atom is -0.491 e. The zero-order valence-electron chi connectivity index (χ0n) is 8.29. The first kappa shape index (κ1) is 11.2. The van der Waals surface area contributed by atoms with Crippen LogP contribution in [0.5, 0.6) is 5.75 Å². The number of halogens is 1. The number of hydrogen-bond donors (Lipinski definition) is 0. The minimum absolute atomic E-state index is 0.0687. The summed E-state index contributed by atoms with van der Waals surface area (Å²) >= 11 is 3.14. The molecule has 0 bridgehead atoms. The predicted octanol–water partition coefficient (Wildman–Crippen LogP) is 3.05. The molecular formula is C11H13BrO2. The summed E-state index contributed by atoms with van der Waals surface area (Å²) in [6, 6.07) is 7.24. The van der Waals surface area contributed by atoms with Crippen LogP contribution < -0.4 is 4.74 Å². The molecule has 0 fully saturated rings. The van der Waals surface area contributed by atoms with Gasteiger partial charge in [0.25, 0.3) is 0 Å². The van der Waals surface area contributed by atoms with Crippen molar-refractivity contribution in [1.82, 2.24) is 0 Å². The summed E-state index contributed by atoms with van der Waals surface area (Å²) in [5.41, 5.74) is 0.681. The van der Waals surface area contributed by atoms with Gasteiger partial charge in [0.2, 0.25) is 0 Å². The van der Waals surface area contributed by atoms with E-state index in [1.807, 2.05) is 26.0 Å². The summed E-state index contributed by atoms with van der Waals surface area (Å²) in [4.78, 5) is 11.3. The molecule has 1 aromatic rings. The normalized spacial score (nSPS) is 10.3. The first-order valence-electron chi connectivity index (χ1n) is 4.49. The molecule has 0 saturated heterocycles. The van der Waals surface area contributed by atoms with E-state index in [2.05, 4.69) is 15.9 Å². The van der Waals surface area contributed by atoms with Crippen LogP contribution in [0.1, 0.15) is 24.2 Å². The second-order valence-electron chi connectivity index (χ2n) is 3.25. The van der Waals surface area contributed by atoms with Crippen molar-refractivity contribution < 1.29 is 9.53 Å². The quantitative estimate of drug-likeness (QED) is 0.612. The summed E-state index contributed by atoms with van der Waals surface area (Å²) in [7, 11) is 0. The molecule has 1 aromatic carbocycles. The number of rotatable bonds is 4. The van der Waals surface area contributed by atoms with Crippen molar-refractivity contribution in [1.29, 1.82) is 0 Å². The zero-order chi connectivity index (χ0) is 10.6. The van der Waals surface area contributed by atoms with Gasteiger partial charge in [-0.05, 0) is 26.0 Å². The number of carbonyl (C=O) groups is 1. The van der Waals surface area contributed by atoms with Gasteiger partial charge in [0.15, 0.2) is 5.78 Å². The van der Waals surface area contributed by atoms with E-state index in [4.69, 9.17) is 4.74 Å². The molecule has 0 spiro atoms. The van der Waals surface area contributed by atoms with E-state index >= 15 is 0 Å². The highest BCUT2D eigenvalue weighted by molar-refractivity contribution is 9.09. The third kappa shape index (κ3) is 3.14. The number of ketones is 1. The Bertz CT molecular complexity index is 321. The van der Waals surface area contributed by atoms with Crippen LogP contribution in [0.4, 0.5) is 0 Å². The monoisotopic (exact) mass is 256 g/mol. The maximum Gasteiger partial charge on any atom is 0.173 e. The van der Waals surface area contributed by atoms with Crippen LogP contribution in [0, 0.1) is 0 Å². The molecular weight excluding hydrogens is 244 g/mol. The lowest BCUT2D eigenvalue weighted by Gasteiger charge is -2.09. The van der Waals surface area contributed by atoms with Gasteiger partial charge in [0, 0.05) is 5.56 Å². The van der Waals surface area contributed by atoms with Crippen molar-refractivity contribution in [3.63, 3.8) is 0 Å². The van der Waals surface area contributed by atoms with Crippen molar-refractivity contribution in [2.24, 2.45) is 0 Å². The number of ether oxygens (including phenoxy) is 1. The van der Waals surface area contributed by atoms with E-state index < -0.39 is 0 Å². The van der Waals surface area contributed by atoms with Crippen LogP contribution in [-0.2, 0) is 0 Å². The first-order valence-corrected chi connectivity index (χ1v) is 5.61. The molecule has 1 rings (SSSR count). The molecule has 0 N–H and O–H groups in total. The second-order valence-corrected chi connectivity index (χ2v) is 3.81. The summed E-state index contributed by atoms with van der Waals surface area (Å²) in [5, 5.41) is 0.345. The van der Waals surface area contributed by atoms with Gasteiger partial charge in [0.05, 0.1) is 11.4 Å². The maximum atomic E-state index is 11.3. The number of benzene rings is 1. The lowest BCUT2D eigenvalue weighted by molar-refractivity contribution is 0.102. The highest BCUT2D eigenvalue weighted by Gasteiger charge is 2.05. The van der Waals surface area contributed by atoms with Gasteiger partial charge < -0.3 is 4.74 Å². The van der Waals surface area contributed by atoms with E-state index in [1.54, 1.807) is 12.1 Å². The Morgan fingerprint density at radius 2 is 2.21 bits per heavy atom. The highest BCUT2D eigenvalue weighted by Crippen LogP contribution is 2.15. The van der Waals surface area contributed by atoms with Crippen molar-refractivity contribution >= 4 is 21.7 Å². The smallest absolute Gasteiger partial charge is 0.173 e. The molecule has 0 heterocycles. The minimum atomic E-state index is 0.0687. The number of Topliss-reactive ketones (excluding diaryl/α,β-unsaturated/α-hetero) is 1. The molecule has 14 heavy (non-hydrogen) atoms. The fourth-order valence-electron chi connectivity index (χ4n) is 1.09. The molecule has 0 saturated carbocycles. The van der Waals surface area contributed by atoms with Crippen LogP contribution in [0.25, 0.3) is 0 Å². The molecule has 0 aliphatic carbocycles. The molecule has 0 aromatic heterocycles. The molecule has 0 radical (unpaired) electrons. The van der Waals surface area contributed by atoms with Crippen LogP contribution >= 0.6 is 15.9 Å².